The lowest BCUT2D eigenvalue weighted by Gasteiger charge is -2.18. The summed E-state index contributed by atoms with van der Waals surface area (Å²) in [6.45, 7) is 7.66. The monoisotopic (exact) mass is 408 g/mol. The van der Waals surface area contributed by atoms with Crippen LogP contribution in [0.25, 0.3) is 11.5 Å². The predicted octanol–water partition coefficient (Wildman–Crippen LogP) is 5.34. The normalized spacial score (nSPS) is 12.1. The van der Waals surface area contributed by atoms with Crippen LogP contribution in [0.3, 0.4) is 0 Å². The number of carbonyl (C=O) groups is 1. The Kier molecular flexibility index (Phi) is 6.87. The molecule has 2 heterocycles. The summed E-state index contributed by atoms with van der Waals surface area (Å²) in [4.78, 5) is 21.4. The highest BCUT2D eigenvalue weighted by Crippen LogP contribution is 2.35. The molecule has 0 aliphatic heterocycles. The molecule has 0 spiro atoms. The number of aryl methyl sites for hydroxylation is 1. The molecule has 0 aliphatic carbocycles. The fraction of sp³-hybridized carbons (Fsp3) is 0.375. The van der Waals surface area contributed by atoms with Crippen LogP contribution in [0.2, 0.25) is 0 Å². The Morgan fingerprint density at radius 3 is 2.57 bits per heavy atom. The first kappa shape index (κ1) is 21.6. The second-order valence-electron chi connectivity index (χ2n) is 7.25. The number of oxazole rings is 1. The minimum Gasteiger partial charge on any atom is -0.493 e. The van der Waals surface area contributed by atoms with E-state index in [0.29, 0.717) is 28.8 Å². The van der Waals surface area contributed by atoms with Gasteiger partial charge in [-0.25, -0.2) is 4.98 Å². The SMILES string of the molecule is CCC(CC)Oc1cc(-c2nc(C(C(C)=O)c3ncccc3C)co2)ccc1OC. The van der Waals surface area contributed by atoms with Gasteiger partial charge in [0.05, 0.1) is 24.6 Å². The van der Waals surface area contributed by atoms with Gasteiger partial charge in [-0.1, -0.05) is 19.9 Å². The highest BCUT2D eigenvalue weighted by Gasteiger charge is 2.26. The largest absolute Gasteiger partial charge is 0.493 e. The molecule has 0 fully saturated rings. The number of Topliss-reactive ketones (excluding diaryl/α,β-unsaturated/α-hetero) is 1. The van der Waals surface area contributed by atoms with Gasteiger partial charge in [-0.3, -0.25) is 9.78 Å². The Hall–Kier alpha value is -3.15. The molecule has 0 radical (unpaired) electrons. The molecule has 0 N–H and O–H groups in total. The van der Waals surface area contributed by atoms with E-state index in [1.54, 1.807) is 20.2 Å². The van der Waals surface area contributed by atoms with Crippen molar-refractivity contribution in [3.05, 3.63) is 59.7 Å². The Labute approximate surface area is 177 Å². The molecule has 30 heavy (non-hydrogen) atoms. The molecule has 6 heteroatoms. The van der Waals surface area contributed by atoms with E-state index in [1.165, 1.54) is 6.26 Å². The molecule has 0 saturated heterocycles. The van der Waals surface area contributed by atoms with Gasteiger partial charge in [-0.05, 0) is 56.5 Å². The van der Waals surface area contributed by atoms with Crippen molar-refractivity contribution in [2.75, 3.05) is 7.11 Å². The molecule has 158 valence electrons. The lowest BCUT2D eigenvalue weighted by atomic mass is 9.94. The number of rotatable bonds is 9. The number of ketones is 1. The quantitative estimate of drug-likeness (QED) is 0.476. The van der Waals surface area contributed by atoms with Gasteiger partial charge < -0.3 is 13.9 Å². The van der Waals surface area contributed by atoms with Gasteiger partial charge in [0.2, 0.25) is 5.89 Å². The van der Waals surface area contributed by atoms with E-state index < -0.39 is 5.92 Å². The first-order valence-electron chi connectivity index (χ1n) is 10.2. The maximum absolute atomic E-state index is 12.4. The van der Waals surface area contributed by atoms with Crippen molar-refractivity contribution >= 4 is 5.78 Å². The summed E-state index contributed by atoms with van der Waals surface area (Å²) >= 11 is 0. The fourth-order valence-electron chi connectivity index (χ4n) is 3.43. The molecule has 0 bridgehead atoms. The van der Waals surface area contributed by atoms with E-state index in [4.69, 9.17) is 13.9 Å². The van der Waals surface area contributed by atoms with E-state index in [-0.39, 0.29) is 11.9 Å². The molecular weight excluding hydrogens is 380 g/mol. The Morgan fingerprint density at radius 2 is 1.93 bits per heavy atom. The average molecular weight is 408 g/mol. The highest BCUT2D eigenvalue weighted by molar-refractivity contribution is 5.86. The second-order valence-corrected chi connectivity index (χ2v) is 7.25. The minimum absolute atomic E-state index is 0.0378. The van der Waals surface area contributed by atoms with E-state index in [9.17, 15) is 4.79 Å². The molecule has 1 atom stereocenters. The van der Waals surface area contributed by atoms with E-state index >= 15 is 0 Å². The van der Waals surface area contributed by atoms with Gasteiger partial charge >= 0.3 is 0 Å². The van der Waals surface area contributed by atoms with Gasteiger partial charge in [0.25, 0.3) is 0 Å². The third-order valence-electron chi connectivity index (χ3n) is 5.16. The number of methoxy groups -OCH3 is 1. The number of pyridine rings is 1. The second kappa shape index (κ2) is 9.57. The lowest BCUT2D eigenvalue weighted by molar-refractivity contribution is -0.117. The summed E-state index contributed by atoms with van der Waals surface area (Å²) in [6, 6.07) is 9.35. The highest BCUT2D eigenvalue weighted by atomic mass is 16.5. The van der Waals surface area contributed by atoms with Gasteiger partial charge in [-0.15, -0.1) is 0 Å². The third-order valence-corrected chi connectivity index (χ3v) is 5.16. The number of ether oxygens (including phenoxy) is 2. The number of nitrogens with zero attached hydrogens (tertiary/aromatic N) is 2. The van der Waals surface area contributed by atoms with E-state index in [1.807, 2.05) is 37.3 Å². The number of aromatic nitrogens is 2. The Balaban J connectivity index is 1.97. The first-order valence-corrected chi connectivity index (χ1v) is 10.2. The van der Waals surface area contributed by atoms with Crippen molar-refractivity contribution in [2.45, 2.75) is 52.6 Å². The molecule has 3 rings (SSSR count). The van der Waals surface area contributed by atoms with Crippen molar-refractivity contribution in [1.29, 1.82) is 0 Å². The van der Waals surface area contributed by atoms with Crippen LogP contribution in [0, 0.1) is 6.92 Å². The van der Waals surface area contributed by atoms with Crippen molar-refractivity contribution < 1.29 is 18.7 Å². The van der Waals surface area contributed by atoms with Gasteiger partial charge in [0, 0.05) is 11.8 Å². The van der Waals surface area contributed by atoms with E-state index in [0.717, 1.165) is 24.0 Å². The van der Waals surface area contributed by atoms with Crippen LogP contribution in [-0.2, 0) is 4.79 Å². The summed E-state index contributed by atoms with van der Waals surface area (Å²) < 4.78 is 17.3. The number of benzene rings is 1. The number of hydrogen-bond donors (Lipinski definition) is 0. The minimum atomic E-state index is -0.567. The zero-order chi connectivity index (χ0) is 21.7. The van der Waals surface area contributed by atoms with Crippen LogP contribution in [0.5, 0.6) is 11.5 Å². The Morgan fingerprint density at radius 1 is 1.17 bits per heavy atom. The summed E-state index contributed by atoms with van der Waals surface area (Å²) in [5.41, 5.74) is 2.92. The molecule has 6 nitrogen and oxygen atoms in total. The van der Waals surface area contributed by atoms with Gasteiger partial charge in [0.1, 0.15) is 18.0 Å². The van der Waals surface area contributed by atoms with Crippen LogP contribution in [-0.4, -0.2) is 29.0 Å². The number of hydrogen-bond acceptors (Lipinski definition) is 6. The van der Waals surface area contributed by atoms with Crippen LogP contribution in [0.4, 0.5) is 0 Å². The molecule has 2 aromatic heterocycles. The van der Waals surface area contributed by atoms with Crippen LogP contribution in [0.1, 0.15) is 56.5 Å². The Bertz CT molecular complexity index is 1010. The van der Waals surface area contributed by atoms with Crippen molar-refractivity contribution in [1.82, 2.24) is 9.97 Å². The van der Waals surface area contributed by atoms with Crippen molar-refractivity contribution in [2.24, 2.45) is 0 Å². The molecular formula is C24H28N2O4. The molecule has 1 aromatic carbocycles. The zero-order valence-corrected chi connectivity index (χ0v) is 18.1. The molecule has 0 amide bonds. The average Bonchev–Trinajstić information content (AvgIpc) is 3.22. The molecule has 3 aromatic rings. The lowest BCUT2D eigenvalue weighted by Crippen LogP contribution is -2.14. The third kappa shape index (κ3) is 4.53. The predicted molar refractivity (Wildman–Crippen MR) is 115 cm³/mol. The summed E-state index contributed by atoms with van der Waals surface area (Å²) in [6.07, 6.45) is 5.11. The smallest absolute Gasteiger partial charge is 0.226 e. The molecule has 0 aliphatic rings. The molecule has 0 saturated carbocycles. The maximum Gasteiger partial charge on any atom is 0.226 e. The topological polar surface area (TPSA) is 74.5 Å². The zero-order valence-electron chi connectivity index (χ0n) is 18.1. The van der Waals surface area contributed by atoms with Crippen LogP contribution in [0.15, 0.2) is 47.2 Å². The van der Waals surface area contributed by atoms with Crippen LogP contribution < -0.4 is 9.47 Å². The molecule has 1 unspecified atom stereocenters. The van der Waals surface area contributed by atoms with Gasteiger partial charge in [-0.2, -0.15) is 0 Å². The fourth-order valence-corrected chi connectivity index (χ4v) is 3.43. The summed E-state index contributed by atoms with van der Waals surface area (Å²) in [5.74, 6) is 1.11. The van der Waals surface area contributed by atoms with Crippen LogP contribution >= 0.6 is 0 Å². The summed E-state index contributed by atoms with van der Waals surface area (Å²) in [7, 11) is 1.62. The van der Waals surface area contributed by atoms with E-state index in [2.05, 4.69) is 23.8 Å². The standard InChI is InChI=1S/C24H28N2O4/c1-6-18(7-2)30-21-13-17(10-11-20(21)28-5)24-26-19(14-29-24)22(16(4)27)23-15(3)9-8-12-25-23/h8-14,18,22H,6-7H2,1-5H3. The summed E-state index contributed by atoms with van der Waals surface area (Å²) in [5, 5.41) is 0. The van der Waals surface area contributed by atoms with Crippen molar-refractivity contribution in [3.63, 3.8) is 0 Å². The van der Waals surface area contributed by atoms with Gasteiger partial charge in [0.15, 0.2) is 11.5 Å². The van der Waals surface area contributed by atoms with Crippen molar-refractivity contribution in [3.8, 4) is 23.0 Å². The number of carbonyl (C=O) groups excluding carboxylic acids is 1. The maximum atomic E-state index is 12.4. The first-order chi connectivity index (χ1) is 14.5.